The molecule has 629 valence electrons. The molecule has 0 spiro atoms. The first-order valence-corrected chi connectivity index (χ1v) is 37.7. The maximum absolute atomic E-state index is 13.2. The first-order chi connectivity index (χ1) is 55.1. The second-order valence-corrected chi connectivity index (χ2v) is 29.1. The van der Waals surface area contributed by atoms with Gasteiger partial charge in [0.1, 0.15) is 17.2 Å². The fourth-order valence-corrected chi connectivity index (χ4v) is 11.7. The number of rotatable bonds is 11. The van der Waals surface area contributed by atoms with Crippen molar-refractivity contribution in [3.05, 3.63) is 391 Å². The molecule has 0 atom stereocenters. The molecule has 15 aromatic rings. The molecule has 0 aliphatic carbocycles. The van der Waals surface area contributed by atoms with Crippen LogP contribution in [0.1, 0.15) is 81.8 Å². The summed E-state index contributed by atoms with van der Waals surface area (Å²) in [5, 5.41) is 40.4. The number of hydrogen-bond acceptors (Lipinski definition) is 16. The maximum atomic E-state index is 13.2. The molecule has 5 radical (unpaired) electrons. The number of fused-ring (bicyclic) bond motifs is 2. The summed E-state index contributed by atoms with van der Waals surface area (Å²) in [6, 6.07) is 87.8. The van der Waals surface area contributed by atoms with Crippen LogP contribution in [-0.2, 0) is 110 Å². The van der Waals surface area contributed by atoms with Gasteiger partial charge in [-0.25, -0.2) is 43.8 Å². The first-order valence-electron chi connectivity index (χ1n) is 35.2. The molecule has 0 aliphatic heterocycles. The number of aliphatic hydroxyl groups is 3. The molecule has 15 rings (SSSR count). The number of allylic oxidation sites excluding steroid dienone is 5. The largest absolute Gasteiger partial charge is 0.512 e. The van der Waals surface area contributed by atoms with E-state index in [9.17, 15) is 47.0 Å². The molecule has 120 heavy (non-hydrogen) atoms. The number of aromatic nitrogens is 6. The Balaban J connectivity index is 0.000000459. The number of carbonyl (C=O) groups is 4. The Kier molecular flexibility index (Phi) is 49.2. The third kappa shape index (κ3) is 37.7. The van der Waals surface area contributed by atoms with Crippen LogP contribution in [0.2, 0.25) is 0 Å². The summed E-state index contributed by atoms with van der Waals surface area (Å²) in [5.41, 5.74) is 4.79. The zero-order valence-electron chi connectivity index (χ0n) is 65.5. The smallest absolute Gasteiger partial charge is 0.354 e. The summed E-state index contributed by atoms with van der Waals surface area (Å²) in [6.45, 7) is 14.0. The van der Waals surface area contributed by atoms with Crippen molar-refractivity contribution in [2.24, 2.45) is 10.8 Å². The van der Waals surface area contributed by atoms with Gasteiger partial charge in [-0.2, -0.15) is 12.1 Å². The van der Waals surface area contributed by atoms with Crippen molar-refractivity contribution < 1.29 is 158 Å². The first kappa shape index (κ1) is 106. The van der Waals surface area contributed by atoms with Crippen LogP contribution in [0.25, 0.3) is 80.2 Å². The summed E-state index contributed by atoms with van der Waals surface area (Å²) >= 11 is 5.12. The molecule has 14 nitrogen and oxygen atoms in total. The van der Waals surface area contributed by atoms with Gasteiger partial charge in [-0.15, -0.1) is 76.8 Å². The van der Waals surface area contributed by atoms with Crippen molar-refractivity contribution in [1.82, 2.24) is 29.9 Å². The number of hydrogen-bond donors (Lipinski definition) is 4. The Hall–Kier alpha value is -10.1. The molecule has 9 heterocycles. The number of nitrogens with zero attached hydrogens (tertiary/aromatic N) is 6. The quantitative estimate of drug-likeness (QED) is 0.0311. The topological polar surface area (TPSA) is 227 Å². The number of aliphatic hydroxyl groups excluding tert-OH is 3. The second-order valence-electron chi connectivity index (χ2n) is 26.1. The number of carbonyl (C=O) groups excluding carboxylic acids is 3. The molecular formula is C94H79F4Ir5N6O8S3-5. The number of benzene rings is 6. The molecule has 6 aromatic carbocycles. The van der Waals surface area contributed by atoms with Crippen LogP contribution in [0, 0.1) is 64.4 Å². The molecule has 0 saturated heterocycles. The van der Waals surface area contributed by atoms with Crippen LogP contribution in [-0.4, -0.2) is 73.6 Å². The van der Waals surface area contributed by atoms with E-state index in [4.69, 9.17) is 10.2 Å². The molecule has 0 unspecified atom stereocenters. The van der Waals surface area contributed by atoms with Gasteiger partial charge in [-0.05, 0) is 92.5 Å². The zero-order valence-corrected chi connectivity index (χ0v) is 79.9. The van der Waals surface area contributed by atoms with Gasteiger partial charge < -0.3 is 45.3 Å². The van der Waals surface area contributed by atoms with Gasteiger partial charge in [0, 0.05) is 213 Å². The summed E-state index contributed by atoms with van der Waals surface area (Å²) < 4.78 is 54.1. The van der Waals surface area contributed by atoms with Gasteiger partial charge in [0.25, 0.3) is 0 Å². The number of thiophene rings is 3. The van der Waals surface area contributed by atoms with E-state index >= 15 is 0 Å². The SMILES string of the molecule is CC(=O)C=C(C)O.CC(C)(C)C(=O)C=C(O)C(C)(C)C.Fc1c[c-]c(-c2ccccn2)c(F)c1.Fc1c[c-]c(-c2ccccn2)c(F)c1.O=C(C=C(O)c1ccccc1)c1ccccc1.O=C(O)c1ccccn1.[Ir].[Ir].[Ir].[Ir].[Ir].[c-]1c(-c2ccccn2)sc2ccccc12.[c-]1c(-c2ccccn2)sc2ccccc12.[c-]1ccsc1-c1ccccn1. The third-order valence-electron chi connectivity index (χ3n) is 14.9. The van der Waals surface area contributed by atoms with Crippen LogP contribution >= 0.6 is 34.0 Å². The standard InChI is InChI=1S/C15H12O2.2C13H8NS.2C11H6F2N.C11H20O2.C9H6NS.C6H5NO2.C5H8O2.5Ir/c16-14(12-7-3-1-4-8-12)11-15(17)13-9-5-2-6-10-13;2*1-2-7-12-10(5-1)9-13(15-12)11-6-3-4-8-14-11;2*12-8-4-5-9(10(13)7-8)11-3-1-2-6-14-11;1-10(2,3)8(12)7-9(13)11(4,5)6;1-2-6-10-8(4-1)9-5-3-7-11-9;8-6(9)5-3-1-2-4-7-5;1-4(6)3-5(2)7;;;;;/h1-11,16H;2*1-8H;2*1-4,6-7H;7,12H,1-6H3;1-4,6-7H;1-4H,(H,8,9);3,6H,1-2H3;;;;;/q;4*-1;;-1;;;;;;;. The number of pyridine rings is 6. The second kappa shape index (κ2) is 55.7. The van der Waals surface area contributed by atoms with Gasteiger partial charge in [-0.3, -0.25) is 31.9 Å². The number of carboxylic acids is 1. The van der Waals surface area contributed by atoms with Crippen molar-refractivity contribution in [2.75, 3.05) is 0 Å². The van der Waals surface area contributed by atoms with E-state index in [0.29, 0.717) is 22.5 Å². The van der Waals surface area contributed by atoms with Crippen molar-refractivity contribution in [3.63, 3.8) is 0 Å². The Morgan fingerprint density at radius 2 is 0.767 bits per heavy atom. The Labute approximate surface area is 775 Å². The minimum atomic E-state index is -0.990. The minimum absolute atomic E-state index is 0. The molecule has 0 amide bonds. The number of aromatic carboxylic acids is 1. The third-order valence-corrected chi connectivity index (χ3v) is 17.9. The zero-order chi connectivity index (χ0) is 83.1. The van der Waals surface area contributed by atoms with Gasteiger partial charge >= 0.3 is 5.97 Å². The van der Waals surface area contributed by atoms with Gasteiger partial charge in [-0.1, -0.05) is 221 Å². The average molecular weight is 2550 g/mol. The van der Waals surface area contributed by atoms with E-state index < -0.39 is 34.7 Å². The Bertz CT molecular complexity index is 5350. The van der Waals surface area contributed by atoms with E-state index in [1.807, 2.05) is 156 Å². The number of carboxylic acid groups (broad SMARTS) is 1. The van der Waals surface area contributed by atoms with Crippen LogP contribution < -0.4 is 0 Å². The minimum Gasteiger partial charge on any atom is -0.512 e. The predicted molar refractivity (Wildman–Crippen MR) is 452 cm³/mol. The number of ketones is 3. The summed E-state index contributed by atoms with van der Waals surface area (Å²) in [6.07, 6.45) is 13.7. The average Bonchev–Trinajstić information content (AvgIpc) is 1.68. The molecule has 0 aliphatic rings. The fourth-order valence-electron chi connectivity index (χ4n) is 9.08. The Morgan fingerprint density at radius 1 is 0.400 bits per heavy atom. The van der Waals surface area contributed by atoms with Crippen molar-refractivity contribution in [2.45, 2.75) is 55.4 Å². The van der Waals surface area contributed by atoms with E-state index in [-0.39, 0.29) is 157 Å². The van der Waals surface area contributed by atoms with E-state index in [1.165, 1.54) is 64.5 Å². The van der Waals surface area contributed by atoms with Crippen LogP contribution in [0.5, 0.6) is 0 Å². The van der Waals surface area contributed by atoms with Crippen LogP contribution in [0.15, 0.2) is 321 Å². The van der Waals surface area contributed by atoms with Crippen molar-refractivity contribution in [1.29, 1.82) is 0 Å². The molecule has 0 saturated carbocycles. The molecule has 9 aromatic heterocycles. The van der Waals surface area contributed by atoms with Crippen LogP contribution in [0.4, 0.5) is 17.6 Å². The summed E-state index contributed by atoms with van der Waals surface area (Å²) in [7, 11) is 0. The predicted octanol–water partition coefficient (Wildman–Crippen LogP) is 24.2. The molecule has 4 N–H and O–H groups in total. The summed E-state index contributed by atoms with van der Waals surface area (Å²) in [4.78, 5) is 71.1. The van der Waals surface area contributed by atoms with E-state index in [0.717, 1.165) is 56.0 Å². The number of halogens is 4. The molecular weight excluding hydrogens is 2470 g/mol. The molecule has 26 heteroatoms. The van der Waals surface area contributed by atoms with E-state index in [1.54, 1.807) is 138 Å². The Morgan fingerprint density at radius 3 is 1.07 bits per heavy atom. The normalized spacial score (nSPS) is 10.4. The summed E-state index contributed by atoms with van der Waals surface area (Å²) in [5.74, 6) is -3.74. The maximum Gasteiger partial charge on any atom is 0.354 e. The van der Waals surface area contributed by atoms with Gasteiger partial charge in [0.15, 0.2) is 17.3 Å². The van der Waals surface area contributed by atoms with Crippen LogP contribution in [0.3, 0.4) is 0 Å². The van der Waals surface area contributed by atoms with Crippen molar-refractivity contribution >= 4 is 83.3 Å². The molecule has 0 fully saturated rings. The molecule has 0 bridgehead atoms. The van der Waals surface area contributed by atoms with E-state index in [2.05, 4.69) is 96.6 Å². The van der Waals surface area contributed by atoms with Gasteiger partial charge in [0.05, 0.1) is 5.76 Å². The van der Waals surface area contributed by atoms with Crippen molar-refractivity contribution in [3.8, 4) is 54.2 Å². The fraction of sp³-hybridized carbons (Fsp3) is 0.106. The monoisotopic (exact) mass is 2560 g/mol. The van der Waals surface area contributed by atoms with Gasteiger partial charge in [0.2, 0.25) is 0 Å².